The Morgan fingerprint density at radius 1 is 1.14 bits per heavy atom. The number of alkyl halides is 3. The second-order valence-electron chi connectivity index (χ2n) is 7.68. The molecule has 0 saturated carbocycles. The first-order valence-electron chi connectivity index (χ1n) is 10.8. The van der Waals surface area contributed by atoms with Crippen molar-refractivity contribution in [2.45, 2.75) is 19.1 Å². The molecular weight excluding hydrogens is 479 g/mol. The van der Waals surface area contributed by atoms with Crippen LogP contribution in [0.25, 0.3) is 22.4 Å². The third-order valence-electron chi connectivity index (χ3n) is 5.10. The summed E-state index contributed by atoms with van der Waals surface area (Å²) in [7, 11) is 1.33. The Bertz CT molecular complexity index is 1370. The number of methoxy groups -OCH3 is 1. The summed E-state index contributed by atoms with van der Waals surface area (Å²) < 4.78 is 50.7. The number of hydrogen-bond acceptors (Lipinski definition) is 9. The van der Waals surface area contributed by atoms with Gasteiger partial charge in [0.05, 0.1) is 13.2 Å². The molecule has 188 valence electrons. The van der Waals surface area contributed by atoms with E-state index in [1.807, 2.05) is 0 Å². The van der Waals surface area contributed by atoms with Crippen molar-refractivity contribution in [3.05, 3.63) is 59.9 Å². The number of nitrogens with two attached hydrogens (primary N) is 1. The van der Waals surface area contributed by atoms with Crippen LogP contribution < -0.4 is 21.1 Å². The number of carbonyl (C=O) groups excluding carboxylic acids is 1. The molecule has 0 bridgehead atoms. The molecule has 0 spiro atoms. The minimum atomic E-state index is -4.63. The molecule has 3 aromatic heterocycles. The minimum absolute atomic E-state index is 0.0115. The van der Waals surface area contributed by atoms with Gasteiger partial charge in [-0.2, -0.15) is 13.2 Å². The van der Waals surface area contributed by atoms with Gasteiger partial charge in [-0.3, -0.25) is 4.79 Å². The van der Waals surface area contributed by atoms with Crippen molar-refractivity contribution in [2.75, 3.05) is 25.5 Å². The van der Waals surface area contributed by atoms with Crippen LogP contribution in [0.4, 0.5) is 19.1 Å². The molecule has 10 nitrogen and oxygen atoms in total. The second-order valence-corrected chi connectivity index (χ2v) is 7.68. The van der Waals surface area contributed by atoms with Crippen molar-refractivity contribution in [2.24, 2.45) is 5.73 Å². The molecule has 0 unspecified atom stereocenters. The Balaban J connectivity index is 1.63. The van der Waals surface area contributed by atoms with Gasteiger partial charge in [-0.05, 0) is 37.3 Å². The van der Waals surface area contributed by atoms with E-state index in [4.69, 9.17) is 14.9 Å². The zero-order valence-electron chi connectivity index (χ0n) is 19.3. The maximum absolute atomic E-state index is 13.2. The van der Waals surface area contributed by atoms with E-state index in [1.165, 1.54) is 19.2 Å². The number of hydrogen-bond donors (Lipinski definition) is 3. The summed E-state index contributed by atoms with van der Waals surface area (Å²) in [5.41, 5.74) is 5.21. The largest absolute Gasteiger partial charge is 0.494 e. The molecule has 0 fully saturated rings. The molecule has 13 heteroatoms. The zero-order chi connectivity index (χ0) is 25.9. The Hall–Kier alpha value is -4.26. The number of halogens is 3. The van der Waals surface area contributed by atoms with E-state index in [0.29, 0.717) is 23.4 Å². The van der Waals surface area contributed by atoms with Gasteiger partial charge in [-0.15, -0.1) is 0 Å². The van der Waals surface area contributed by atoms with Crippen LogP contribution >= 0.6 is 0 Å². The first kappa shape index (κ1) is 24.9. The predicted octanol–water partition coefficient (Wildman–Crippen LogP) is 3.57. The molecule has 4 rings (SSSR count). The minimum Gasteiger partial charge on any atom is -0.494 e. The van der Waals surface area contributed by atoms with E-state index in [2.05, 4.69) is 30.6 Å². The highest BCUT2D eigenvalue weighted by Gasteiger charge is 2.33. The van der Waals surface area contributed by atoms with Crippen molar-refractivity contribution in [1.29, 1.82) is 0 Å². The number of ether oxygens (including phenoxy) is 1. The van der Waals surface area contributed by atoms with Crippen LogP contribution in [0.1, 0.15) is 34.9 Å². The summed E-state index contributed by atoms with van der Waals surface area (Å²) in [4.78, 5) is 29.0. The molecule has 3 heterocycles. The van der Waals surface area contributed by atoms with Crippen molar-refractivity contribution >= 4 is 22.8 Å². The zero-order valence-corrected chi connectivity index (χ0v) is 19.3. The smallest absolute Gasteiger partial charge is 0.433 e. The first-order chi connectivity index (χ1) is 17.2. The summed E-state index contributed by atoms with van der Waals surface area (Å²) >= 11 is 0. The monoisotopic (exact) mass is 501 g/mol. The van der Waals surface area contributed by atoms with Gasteiger partial charge in [0.15, 0.2) is 11.5 Å². The topological polar surface area (TPSA) is 141 Å². The van der Waals surface area contributed by atoms with Gasteiger partial charge in [-0.1, -0.05) is 0 Å². The third-order valence-corrected chi connectivity index (χ3v) is 5.10. The number of carbonyl (C=O) groups is 1. The second kappa shape index (κ2) is 10.2. The summed E-state index contributed by atoms with van der Waals surface area (Å²) in [6.07, 6.45) is -1.46. The van der Waals surface area contributed by atoms with Crippen LogP contribution in [0.15, 0.2) is 47.1 Å². The van der Waals surface area contributed by atoms with Crippen molar-refractivity contribution in [3.8, 4) is 17.2 Å². The molecule has 1 amide bonds. The number of amides is 1. The van der Waals surface area contributed by atoms with Crippen LogP contribution in [0, 0.1) is 0 Å². The van der Waals surface area contributed by atoms with E-state index in [9.17, 15) is 18.0 Å². The van der Waals surface area contributed by atoms with E-state index >= 15 is 0 Å². The molecule has 0 aliphatic heterocycles. The molecular formula is C23H22F3N7O3. The van der Waals surface area contributed by atoms with E-state index < -0.39 is 23.8 Å². The summed E-state index contributed by atoms with van der Waals surface area (Å²) in [6, 6.07) is 6.15. The van der Waals surface area contributed by atoms with E-state index in [0.717, 1.165) is 6.07 Å². The number of oxazole rings is 1. The van der Waals surface area contributed by atoms with Gasteiger partial charge in [-0.25, -0.2) is 19.9 Å². The quantitative estimate of drug-likeness (QED) is 0.309. The highest BCUT2D eigenvalue weighted by atomic mass is 19.4. The summed E-state index contributed by atoms with van der Waals surface area (Å²) in [6.45, 7) is 2.20. The normalized spacial score (nSPS) is 12.4. The lowest BCUT2D eigenvalue weighted by atomic mass is 10.1. The summed E-state index contributed by atoms with van der Waals surface area (Å²) in [5, 5.41) is 5.98. The van der Waals surface area contributed by atoms with Gasteiger partial charge in [0.25, 0.3) is 5.91 Å². The average Bonchev–Trinajstić information content (AvgIpc) is 3.31. The van der Waals surface area contributed by atoms with Crippen molar-refractivity contribution < 1.29 is 27.1 Å². The van der Waals surface area contributed by atoms with Crippen LogP contribution in [-0.2, 0) is 6.18 Å². The highest BCUT2D eigenvalue weighted by molar-refractivity contribution is 5.98. The van der Waals surface area contributed by atoms with Crippen LogP contribution in [0.2, 0.25) is 0 Å². The van der Waals surface area contributed by atoms with Crippen LogP contribution in [0.5, 0.6) is 5.75 Å². The number of benzene rings is 1. The molecule has 0 aliphatic carbocycles. The number of pyridine rings is 1. The Morgan fingerprint density at radius 3 is 2.56 bits per heavy atom. The molecule has 36 heavy (non-hydrogen) atoms. The van der Waals surface area contributed by atoms with E-state index in [1.54, 1.807) is 31.5 Å². The molecule has 4 N–H and O–H groups in total. The SMILES string of the molecule is COc1ccc(-c2nc(C(=O)NCCNc3ncccn3)c([C@H](C)N)o2)c2ccc(C(F)(F)F)nc12. The third kappa shape index (κ3) is 5.20. The van der Waals surface area contributed by atoms with Gasteiger partial charge in [0, 0.05) is 36.4 Å². The number of nitrogens with zero attached hydrogens (tertiary/aromatic N) is 4. The van der Waals surface area contributed by atoms with Gasteiger partial charge >= 0.3 is 6.18 Å². The molecule has 0 radical (unpaired) electrons. The molecule has 0 saturated heterocycles. The average molecular weight is 501 g/mol. The number of nitrogens with one attached hydrogen (secondary N) is 2. The van der Waals surface area contributed by atoms with E-state index in [-0.39, 0.29) is 35.2 Å². The fourth-order valence-corrected chi connectivity index (χ4v) is 3.44. The van der Waals surface area contributed by atoms with Gasteiger partial charge < -0.3 is 25.5 Å². The molecule has 1 aromatic carbocycles. The Labute approximate surface area is 203 Å². The number of rotatable bonds is 8. The lowest BCUT2D eigenvalue weighted by Gasteiger charge is -2.11. The van der Waals surface area contributed by atoms with Crippen molar-refractivity contribution in [3.63, 3.8) is 0 Å². The lowest BCUT2D eigenvalue weighted by molar-refractivity contribution is -0.140. The Kier molecular flexibility index (Phi) is 7.01. The number of anilines is 1. The fourth-order valence-electron chi connectivity index (χ4n) is 3.44. The van der Waals surface area contributed by atoms with Crippen LogP contribution in [-0.4, -0.2) is 46.0 Å². The number of aromatic nitrogens is 4. The van der Waals surface area contributed by atoms with Gasteiger partial charge in [0.1, 0.15) is 17.0 Å². The fraction of sp³-hybridized carbons (Fsp3) is 0.261. The number of fused-ring (bicyclic) bond motifs is 1. The first-order valence-corrected chi connectivity index (χ1v) is 10.8. The maximum atomic E-state index is 13.2. The summed E-state index contributed by atoms with van der Waals surface area (Å²) in [5.74, 6) is 0.179. The highest BCUT2D eigenvalue weighted by Crippen LogP contribution is 2.37. The molecule has 4 aromatic rings. The van der Waals surface area contributed by atoms with Crippen LogP contribution in [0.3, 0.4) is 0 Å². The Morgan fingerprint density at radius 2 is 1.89 bits per heavy atom. The molecule has 1 atom stereocenters. The van der Waals surface area contributed by atoms with Gasteiger partial charge in [0.2, 0.25) is 11.8 Å². The maximum Gasteiger partial charge on any atom is 0.433 e. The van der Waals surface area contributed by atoms with Crippen molar-refractivity contribution in [1.82, 2.24) is 25.3 Å². The lowest BCUT2D eigenvalue weighted by Crippen LogP contribution is -2.30. The molecule has 0 aliphatic rings. The standard InChI is InChI=1S/C23H22F3N7O3/c1-12(27)19-18(20(34)28-10-11-31-22-29-8-3-9-30-22)33-21(36-19)14-4-6-15(35-2)17-13(14)5-7-16(32-17)23(24,25)26/h3-9,12H,10-11,27H2,1-2H3,(H,28,34)(H,29,30,31)/t12-/m0/s1. The predicted molar refractivity (Wildman–Crippen MR) is 124 cm³/mol.